The number of carboxylic acid groups (broad SMARTS) is 1. The first-order valence-corrected chi connectivity index (χ1v) is 4.50. The summed E-state index contributed by atoms with van der Waals surface area (Å²) < 4.78 is 0. The summed E-state index contributed by atoms with van der Waals surface area (Å²) in [5.74, 6) is -0.788. The molecule has 0 saturated heterocycles. The highest BCUT2D eigenvalue weighted by molar-refractivity contribution is 5.72. The van der Waals surface area contributed by atoms with Crippen LogP contribution in [0.5, 0.6) is 0 Å². The summed E-state index contributed by atoms with van der Waals surface area (Å²) in [6.45, 7) is 1.95. The second kappa shape index (κ2) is 4.13. The molecule has 14 heavy (non-hydrogen) atoms. The highest BCUT2D eigenvalue weighted by Gasteiger charge is 2.07. The van der Waals surface area contributed by atoms with Gasteiger partial charge in [-0.2, -0.15) is 0 Å². The van der Waals surface area contributed by atoms with Gasteiger partial charge in [-0.3, -0.25) is 4.79 Å². The van der Waals surface area contributed by atoms with E-state index in [0.29, 0.717) is 0 Å². The first kappa shape index (κ1) is 10.6. The Kier molecular flexibility index (Phi) is 3.12. The molecule has 0 aliphatic rings. The zero-order chi connectivity index (χ0) is 10.7. The molecule has 0 aliphatic heterocycles. The van der Waals surface area contributed by atoms with E-state index in [1.807, 2.05) is 44.1 Å². The molecule has 0 heterocycles. The number of benzene rings is 1. The topological polar surface area (TPSA) is 40.5 Å². The molecule has 3 nitrogen and oxygen atoms in total. The molecule has 1 aromatic rings. The van der Waals surface area contributed by atoms with E-state index in [2.05, 4.69) is 0 Å². The maximum atomic E-state index is 10.6. The van der Waals surface area contributed by atoms with Gasteiger partial charge < -0.3 is 10.0 Å². The molecule has 0 fully saturated rings. The van der Waals surface area contributed by atoms with Crippen LogP contribution in [0.15, 0.2) is 18.2 Å². The van der Waals surface area contributed by atoms with Crippen molar-refractivity contribution in [2.45, 2.75) is 13.3 Å². The summed E-state index contributed by atoms with van der Waals surface area (Å²) in [6.07, 6.45) is 0.0908. The molecule has 1 N–H and O–H groups in total. The average Bonchev–Trinajstić information content (AvgIpc) is 2.07. The van der Waals surface area contributed by atoms with Crippen LogP contribution in [-0.4, -0.2) is 25.2 Å². The summed E-state index contributed by atoms with van der Waals surface area (Å²) in [5, 5.41) is 8.71. The van der Waals surface area contributed by atoms with Crippen LogP contribution >= 0.6 is 0 Å². The van der Waals surface area contributed by atoms with Gasteiger partial charge in [0.25, 0.3) is 0 Å². The number of rotatable bonds is 3. The Morgan fingerprint density at radius 3 is 2.57 bits per heavy atom. The Morgan fingerprint density at radius 1 is 1.43 bits per heavy atom. The van der Waals surface area contributed by atoms with Crippen molar-refractivity contribution in [3.8, 4) is 0 Å². The normalized spacial score (nSPS) is 9.93. The van der Waals surface area contributed by atoms with Crippen LogP contribution in [0.3, 0.4) is 0 Å². The van der Waals surface area contributed by atoms with Crippen molar-refractivity contribution >= 4 is 11.7 Å². The van der Waals surface area contributed by atoms with Crippen LogP contribution in [0.4, 0.5) is 5.69 Å². The first-order chi connectivity index (χ1) is 6.52. The monoisotopic (exact) mass is 193 g/mol. The Labute approximate surface area is 84.0 Å². The Balaban J connectivity index is 3.07. The second-order valence-electron chi connectivity index (χ2n) is 3.53. The summed E-state index contributed by atoms with van der Waals surface area (Å²) in [4.78, 5) is 12.6. The molecular weight excluding hydrogens is 178 g/mol. The van der Waals surface area contributed by atoms with Crippen LogP contribution in [0.2, 0.25) is 0 Å². The van der Waals surface area contributed by atoms with Crippen LogP contribution in [0, 0.1) is 6.92 Å². The molecule has 1 aromatic carbocycles. The van der Waals surface area contributed by atoms with E-state index < -0.39 is 5.97 Å². The van der Waals surface area contributed by atoms with E-state index in [1.165, 1.54) is 0 Å². The molecule has 3 heteroatoms. The Hall–Kier alpha value is -1.51. The molecule has 0 spiro atoms. The largest absolute Gasteiger partial charge is 0.481 e. The molecule has 0 aromatic heterocycles. The van der Waals surface area contributed by atoms with Gasteiger partial charge >= 0.3 is 5.97 Å². The second-order valence-corrected chi connectivity index (χ2v) is 3.53. The predicted octanol–water partition coefficient (Wildman–Crippen LogP) is 1.69. The lowest BCUT2D eigenvalue weighted by Crippen LogP contribution is -2.12. The van der Waals surface area contributed by atoms with E-state index in [0.717, 1.165) is 16.8 Å². The number of hydrogen-bond donors (Lipinski definition) is 1. The zero-order valence-corrected chi connectivity index (χ0v) is 8.74. The fourth-order valence-electron chi connectivity index (χ4n) is 1.51. The molecule has 1 rings (SSSR count). The van der Waals surface area contributed by atoms with Crippen LogP contribution in [0.25, 0.3) is 0 Å². The third-order valence-corrected chi connectivity index (χ3v) is 2.24. The summed E-state index contributed by atoms with van der Waals surface area (Å²) in [6, 6.07) is 5.73. The van der Waals surface area contributed by atoms with Gasteiger partial charge in [0, 0.05) is 19.8 Å². The molecule has 0 radical (unpaired) electrons. The minimum atomic E-state index is -0.788. The lowest BCUT2D eigenvalue weighted by atomic mass is 10.0. The molecule has 0 bridgehead atoms. The average molecular weight is 193 g/mol. The molecule has 0 unspecified atom stereocenters. The minimum absolute atomic E-state index is 0.0908. The molecular formula is C11H15NO2. The highest BCUT2D eigenvalue weighted by atomic mass is 16.4. The van der Waals surface area contributed by atoms with Crippen molar-refractivity contribution in [3.63, 3.8) is 0 Å². The van der Waals surface area contributed by atoms with E-state index in [4.69, 9.17) is 5.11 Å². The van der Waals surface area contributed by atoms with Gasteiger partial charge in [-0.05, 0) is 24.1 Å². The molecule has 0 atom stereocenters. The molecule has 76 valence electrons. The van der Waals surface area contributed by atoms with Crippen molar-refractivity contribution < 1.29 is 9.90 Å². The van der Waals surface area contributed by atoms with Crippen LogP contribution < -0.4 is 4.90 Å². The van der Waals surface area contributed by atoms with Gasteiger partial charge in [0.15, 0.2) is 0 Å². The van der Waals surface area contributed by atoms with Crippen molar-refractivity contribution in [2.24, 2.45) is 0 Å². The standard InChI is InChI=1S/C11H15NO2/c1-8-9(7-11(13)14)5-4-6-10(8)12(2)3/h4-6H,7H2,1-3H3,(H,13,14). The van der Waals surface area contributed by atoms with Gasteiger partial charge in [-0.15, -0.1) is 0 Å². The highest BCUT2D eigenvalue weighted by Crippen LogP contribution is 2.21. The molecule has 0 aliphatic carbocycles. The number of hydrogen-bond acceptors (Lipinski definition) is 2. The van der Waals surface area contributed by atoms with Gasteiger partial charge in [-0.25, -0.2) is 0 Å². The van der Waals surface area contributed by atoms with E-state index >= 15 is 0 Å². The maximum Gasteiger partial charge on any atom is 0.307 e. The summed E-state index contributed by atoms with van der Waals surface area (Å²) in [5.41, 5.74) is 2.99. The lowest BCUT2D eigenvalue weighted by Gasteiger charge is -2.17. The smallest absolute Gasteiger partial charge is 0.307 e. The quantitative estimate of drug-likeness (QED) is 0.794. The Morgan fingerprint density at radius 2 is 2.07 bits per heavy atom. The van der Waals surface area contributed by atoms with Crippen molar-refractivity contribution in [3.05, 3.63) is 29.3 Å². The third-order valence-electron chi connectivity index (χ3n) is 2.24. The van der Waals surface area contributed by atoms with Gasteiger partial charge in [0.05, 0.1) is 6.42 Å². The molecule has 0 saturated carbocycles. The third kappa shape index (κ3) is 2.25. The number of carbonyl (C=O) groups is 1. The summed E-state index contributed by atoms with van der Waals surface area (Å²) in [7, 11) is 3.90. The number of carboxylic acids is 1. The van der Waals surface area contributed by atoms with Crippen LogP contribution in [0.1, 0.15) is 11.1 Å². The fourth-order valence-corrected chi connectivity index (χ4v) is 1.51. The zero-order valence-electron chi connectivity index (χ0n) is 8.74. The SMILES string of the molecule is Cc1c(CC(=O)O)cccc1N(C)C. The predicted molar refractivity (Wildman–Crippen MR) is 56.8 cm³/mol. The number of anilines is 1. The van der Waals surface area contributed by atoms with Crippen LogP contribution in [-0.2, 0) is 11.2 Å². The van der Waals surface area contributed by atoms with E-state index in [9.17, 15) is 4.79 Å². The van der Waals surface area contributed by atoms with E-state index in [-0.39, 0.29) is 6.42 Å². The van der Waals surface area contributed by atoms with E-state index in [1.54, 1.807) is 0 Å². The van der Waals surface area contributed by atoms with Crippen molar-refractivity contribution in [1.82, 2.24) is 0 Å². The van der Waals surface area contributed by atoms with Crippen molar-refractivity contribution in [2.75, 3.05) is 19.0 Å². The number of nitrogens with zero attached hydrogens (tertiary/aromatic N) is 1. The minimum Gasteiger partial charge on any atom is -0.481 e. The molecule has 0 amide bonds. The lowest BCUT2D eigenvalue weighted by molar-refractivity contribution is -0.136. The fraction of sp³-hybridized carbons (Fsp3) is 0.364. The van der Waals surface area contributed by atoms with Gasteiger partial charge in [0.2, 0.25) is 0 Å². The maximum absolute atomic E-state index is 10.6. The Bertz CT molecular complexity index is 345. The van der Waals surface area contributed by atoms with Gasteiger partial charge in [-0.1, -0.05) is 12.1 Å². The summed E-state index contributed by atoms with van der Waals surface area (Å²) >= 11 is 0. The van der Waals surface area contributed by atoms with Gasteiger partial charge in [0.1, 0.15) is 0 Å². The first-order valence-electron chi connectivity index (χ1n) is 4.50. The van der Waals surface area contributed by atoms with Crippen molar-refractivity contribution in [1.29, 1.82) is 0 Å². The number of aliphatic carboxylic acids is 1.